The first kappa shape index (κ1) is 28.1. The molecule has 0 aliphatic carbocycles. The number of aliphatic hydroxyl groups is 1. The van der Waals surface area contributed by atoms with Gasteiger partial charge in [-0.3, -0.25) is 0 Å². The summed E-state index contributed by atoms with van der Waals surface area (Å²) in [5.74, 6) is -0.642. The molecule has 0 saturated heterocycles. The van der Waals surface area contributed by atoms with Crippen LogP contribution in [0.15, 0.2) is 12.2 Å². The summed E-state index contributed by atoms with van der Waals surface area (Å²) in [6.45, 7) is 5.55. The zero-order valence-corrected chi connectivity index (χ0v) is 19.7. The minimum absolute atomic E-state index is 0.149. The van der Waals surface area contributed by atoms with E-state index >= 15 is 0 Å². The molecule has 1 N–H and O–H groups in total. The third-order valence-corrected chi connectivity index (χ3v) is 8.55. The topological polar surface area (TPSA) is 111 Å². The lowest BCUT2D eigenvalue weighted by Crippen LogP contribution is -2.65. The molecule has 0 bridgehead atoms. The van der Waals surface area contributed by atoms with Crippen molar-refractivity contribution in [3.8, 4) is 0 Å². The van der Waals surface area contributed by atoms with Crippen LogP contribution in [-0.4, -0.2) is 93.2 Å². The quantitative estimate of drug-likeness (QED) is 0.114. The molecule has 11 heteroatoms. The van der Waals surface area contributed by atoms with Crippen LogP contribution in [0.5, 0.6) is 0 Å². The standard InChI is InChI=1S/C18H36O10Si/c1-14(2)16(20)28-15(19)10-12-27-11-9-13-29(17(21-3,22-4)23-5)18(24-6,25-7)26-8/h15,19,29H,1,9-13H2,2-8H3. The second-order valence-electron chi connectivity index (χ2n) is 6.17. The zero-order valence-electron chi connectivity index (χ0n) is 18.5. The van der Waals surface area contributed by atoms with Crippen LogP contribution in [-0.2, 0) is 42.7 Å². The first-order valence-electron chi connectivity index (χ1n) is 9.15. The van der Waals surface area contributed by atoms with Crippen LogP contribution in [0.4, 0.5) is 0 Å². The van der Waals surface area contributed by atoms with E-state index in [1.807, 2.05) is 0 Å². The summed E-state index contributed by atoms with van der Waals surface area (Å²) in [4.78, 5) is 11.3. The smallest absolute Gasteiger partial charge is 0.335 e. The molecule has 0 rings (SSSR count). The lowest BCUT2D eigenvalue weighted by molar-refractivity contribution is -0.339. The van der Waals surface area contributed by atoms with Crippen molar-refractivity contribution in [2.45, 2.75) is 43.3 Å². The maximum Gasteiger partial charge on any atom is 0.335 e. The summed E-state index contributed by atoms with van der Waals surface area (Å²) in [5.41, 5.74) is -2.46. The normalized spacial score (nSPS) is 13.6. The molecular weight excluding hydrogens is 404 g/mol. The number of hydrogen-bond donors (Lipinski definition) is 1. The van der Waals surface area contributed by atoms with E-state index in [4.69, 9.17) is 37.9 Å². The van der Waals surface area contributed by atoms with E-state index in [0.29, 0.717) is 19.1 Å². The van der Waals surface area contributed by atoms with E-state index in [9.17, 15) is 9.90 Å². The maximum absolute atomic E-state index is 11.3. The van der Waals surface area contributed by atoms with Gasteiger partial charge in [0.1, 0.15) is 0 Å². The Hall–Kier alpha value is -0.893. The number of aliphatic hydroxyl groups excluding tert-OH is 1. The molecular formula is C18H36O10Si. The van der Waals surface area contributed by atoms with E-state index in [0.717, 1.165) is 0 Å². The van der Waals surface area contributed by atoms with Gasteiger partial charge < -0.3 is 43.0 Å². The first-order chi connectivity index (χ1) is 13.7. The number of methoxy groups -OCH3 is 6. The van der Waals surface area contributed by atoms with Crippen LogP contribution in [0.25, 0.3) is 0 Å². The SMILES string of the molecule is C=C(C)C(=O)OC(O)CCOCCC[SiH](C(OC)(OC)OC)C(OC)(OC)OC. The third kappa shape index (κ3) is 8.04. The van der Waals surface area contributed by atoms with E-state index in [1.54, 1.807) is 0 Å². The summed E-state index contributed by atoms with van der Waals surface area (Å²) in [7, 11) is 6.47. The molecule has 0 radical (unpaired) electrons. The molecule has 0 aliphatic rings. The highest BCUT2D eigenvalue weighted by Crippen LogP contribution is 2.32. The fraction of sp³-hybridized carbons (Fsp3) is 0.833. The molecule has 0 fully saturated rings. The molecule has 1 unspecified atom stereocenters. The lowest BCUT2D eigenvalue weighted by atomic mass is 10.3. The summed E-state index contributed by atoms with van der Waals surface area (Å²) in [6, 6.07) is 0.568. The van der Waals surface area contributed by atoms with Crippen molar-refractivity contribution in [1.82, 2.24) is 0 Å². The number of ether oxygens (including phenoxy) is 8. The Kier molecular flexibility index (Phi) is 13.7. The number of hydrogen-bond acceptors (Lipinski definition) is 10. The fourth-order valence-electron chi connectivity index (χ4n) is 2.88. The number of carbonyl (C=O) groups excluding carboxylic acids is 1. The van der Waals surface area contributed by atoms with E-state index in [-0.39, 0.29) is 18.6 Å². The van der Waals surface area contributed by atoms with Gasteiger partial charge in [0, 0.05) is 61.3 Å². The predicted molar refractivity (Wildman–Crippen MR) is 106 cm³/mol. The molecule has 10 nitrogen and oxygen atoms in total. The van der Waals surface area contributed by atoms with E-state index in [1.165, 1.54) is 49.6 Å². The fourth-order valence-corrected chi connectivity index (χ4v) is 6.30. The number of rotatable bonds is 17. The minimum Gasteiger partial charge on any atom is -0.433 e. The monoisotopic (exact) mass is 440 g/mol. The predicted octanol–water partition coefficient (Wildman–Crippen LogP) is 0.712. The molecule has 1 atom stereocenters. The van der Waals surface area contributed by atoms with Crippen LogP contribution < -0.4 is 0 Å². The maximum atomic E-state index is 11.3. The summed E-state index contributed by atoms with van der Waals surface area (Å²) >= 11 is 0. The number of carbonyl (C=O) groups is 1. The van der Waals surface area contributed by atoms with Crippen molar-refractivity contribution >= 4 is 14.8 Å². The Labute approximate surface area is 174 Å². The van der Waals surface area contributed by atoms with Gasteiger partial charge in [-0.2, -0.15) is 0 Å². The van der Waals surface area contributed by atoms with Crippen LogP contribution in [0.3, 0.4) is 0 Å². The van der Waals surface area contributed by atoms with Crippen LogP contribution in [0, 0.1) is 0 Å². The Bertz CT molecular complexity index is 443. The second kappa shape index (κ2) is 14.2. The summed E-state index contributed by atoms with van der Waals surface area (Å²) in [5, 5.41) is 9.66. The Balaban J connectivity index is 4.77. The molecule has 0 spiro atoms. The van der Waals surface area contributed by atoms with Gasteiger partial charge in [0.25, 0.3) is 20.0 Å². The first-order valence-corrected chi connectivity index (χ1v) is 11.1. The molecule has 0 heterocycles. The molecule has 0 amide bonds. The van der Waals surface area contributed by atoms with Gasteiger partial charge >= 0.3 is 5.97 Å². The molecule has 172 valence electrons. The van der Waals surface area contributed by atoms with Crippen molar-refractivity contribution in [2.24, 2.45) is 0 Å². The Morgan fingerprint density at radius 2 is 1.38 bits per heavy atom. The van der Waals surface area contributed by atoms with Gasteiger partial charge in [0.2, 0.25) is 6.29 Å². The summed E-state index contributed by atoms with van der Waals surface area (Å²) in [6.07, 6.45) is -0.489. The average Bonchev–Trinajstić information content (AvgIpc) is 2.72. The van der Waals surface area contributed by atoms with Gasteiger partial charge in [-0.1, -0.05) is 6.58 Å². The van der Waals surface area contributed by atoms with E-state index in [2.05, 4.69) is 6.58 Å². The lowest BCUT2D eigenvalue weighted by Gasteiger charge is -2.43. The van der Waals surface area contributed by atoms with Crippen molar-refractivity contribution in [3.05, 3.63) is 12.2 Å². The minimum atomic E-state index is -2.38. The highest BCUT2D eigenvalue weighted by atomic mass is 28.3. The van der Waals surface area contributed by atoms with Crippen molar-refractivity contribution < 1.29 is 47.8 Å². The largest absolute Gasteiger partial charge is 0.433 e. The average molecular weight is 441 g/mol. The van der Waals surface area contributed by atoms with Gasteiger partial charge in [-0.25, -0.2) is 4.79 Å². The zero-order chi connectivity index (χ0) is 22.5. The summed E-state index contributed by atoms with van der Waals surface area (Å²) < 4.78 is 43.4. The van der Waals surface area contributed by atoms with Gasteiger partial charge in [-0.05, 0) is 19.4 Å². The molecule has 29 heavy (non-hydrogen) atoms. The van der Waals surface area contributed by atoms with Gasteiger partial charge in [0.05, 0.1) is 6.61 Å². The van der Waals surface area contributed by atoms with Crippen molar-refractivity contribution in [1.29, 1.82) is 0 Å². The molecule has 0 aromatic rings. The Morgan fingerprint density at radius 3 is 1.76 bits per heavy atom. The second-order valence-corrected chi connectivity index (χ2v) is 9.26. The molecule has 0 aliphatic heterocycles. The van der Waals surface area contributed by atoms with Crippen molar-refractivity contribution in [2.75, 3.05) is 55.9 Å². The third-order valence-electron chi connectivity index (χ3n) is 4.44. The molecule has 0 saturated carbocycles. The van der Waals surface area contributed by atoms with Crippen LogP contribution in [0.1, 0.15) is 19.8 Å². The highest BCUT2D eigenvalue weighted by Gasteiger charge is 2.56. The highest BCUT2D eigenvalue weighted by molar-refractivity contribution is 6.63. The molecule has 0 aromatic heterocycles. The Morgan fingerprint density at radius 1 is 0.931 bits per heavy atom. The van der Waals surface area contributed by atoms with Crippen molar-refractivity contribution in [3.63, 3.8) is 0 Å². The number of esters is 1. The van der Waals surface area contributed by atoms with Gasteiger partial charge in [0.15, 0.2) is 0 Å². The van der Waals surface area contributed by atoms with Crippen LogP contribution in [0.2, 0.25) is 6.04 Å². The van der Waals surface area contributed by atoms with E-state index < -0.39 is 32.2 Å². The van der Waals surface area contributed by atoms with Gasteiger partial charge in [-0.15, -0.1) is 0 Å². The van der Waals surface area contributed by atoms with Crippen LogP contribution >= 0.6 is 0 Å². The molecule has 0 aromatic carbocycles.